The van der Waals surface area contributed by atoms with Gasteiger partial charge in [-0.2, -0.15) is 0 Å². The average molecular weight is 420 g/mol. The SMILES string of the molecule is CC.O=C1COc2ccc(CNC(=O)c3nc4ccc5c(c4c(=O)[nH]3)CCC5)cc2N1. The van der Waals surface area contributed by atoms with Crippen LogP contribution in [0.25, 0.3) is 10.9 Å². The molecule has 0 saturated heterocycles. The van der Waals surface area contributed by atoms with Gasteiger partial charge in [-0.1, -0.05) is 26.0 Å². The molecule has 5 rings (SSSR count). The highest BCUT2D eigenvalue weighted by atomic mass is 16.5. The molecule has 8 nitrogen and oxygen atoms in total. The number of hydrogen-bond acceptors (Lipinski definition) is 5. The van der Waals surface area contributed by atoms with Crippen LogP contribution in [0.3, 0.4) is 0 Å². The Morgan fingerprint density at radius 2 is 2.00 bits per heavy atom. The molecule has 3 aromatic rings. The van der Waals surface area contributed by atoms with Gasteiger partial charge in [-0.05, 0) is 54.2 Å². The number of H-pyrrole nitrogens is 1. The third-order valence-electron chi connectivity index (χ3n) is 5.30. The maximum atomic E-state index is 12.6. The van der Waals surface area contributed by atoms with Gasteiger partial charge in [0, 0.05) is 6.54 Å². The molecule has 1 aliphatic carbocycles. The van der Waals surface area contributed by atoms with Gasteiger partial charge in [0.1, 0.15) is 5.75 Å². The van der Waals surface area contributed by atoms with Crippen LogP contribution in [0.1, 0.15) is 47.6 Å². The van der Waals surface area contributed by atoms with Crippen molar-refractivity contribution >= 4 is 28.4 Å². The smallest absolute Gasteiger partial charge is 0.287 e. The lowest BCUT2D eigenvalue weighted by atomic mass is 10.1. The summed E-state index contributed by atoms with van der Waals surface area (Å²) >= 11 is 0. The molecule has 0 radical (unpaired) electrons. The molecule has 160 valence electrons. The molecule has 0 spiro atoms. The van der Waals surface area contributed by atoms with Crippen molar-refractivity contribution in [3.05, 3.63) is 63.2 Å². The molecule has 3 N–H and O–H groups in total. The van der Waals surface area contributed by atoms with E-state index in [4.69, 9.17) is 4.74 Å². The number of fused-ring (bicyclic) bond motifs is 4. The lowest BCUT2D eigenvalue weighted by Crippen LogP contribution is -2.28. The second-order valence-corrected chi connectivity index (χ2v) is 7.22. The maximum Gasteiger partial charge on any atom is 0.287 e. The third-order valence-corrected chi connectivity index (χ3v) is 5.30. The average Bonchev–Trinajstić information content (AvgIpc) is 3.27. The standard InChI is InChI=1S/C21H18N4O4.C2H6/c26-17-10-29-16-7-4-11(8-15(16)23-17)9-22-21(28)19-24-14-6-5-12-2-1-3-13(12)18(14)20(27)25-19;1-2/h4-8H,1-3,9-10H2,(H,22,28)(H,23,26)(H,24,25,27);1-2H3. The summed E-state index contributed by atoms with van der Waals surface area (Å²) in [6.07, 6.45) is 2.86. The van der Waals surface area contributed by atoms with E-state index in [0.29, 0.717) is 22.3 Å². The van der Waals surface area contributed by atoms with Crippen LogP contribution in [0.4, 0.5) is 5.69 Å². The first-order valence-electron chi connectivity index (χ1n) is 10.5. The molecule has 2 heterocycles. The van der Waals surface area contributed by atoms with Gasteiger partial charge < -0.3 is 20.4 Å². The van der Waals surface area contributed by atoms with Crippen molar-refractivity contribution < 1.29 is 14.3 Å². The van der Waals surface area contributed by atoms with E-state index in [2.05, 4.69) is 20.6 Å². The van der Waals surface area contributed by atoms with Gasteiger partial charge in [-0.15, -0.1) is 0 Å². The number of benzene rings is 2. The van der Waals surface area contributed by atoms with E-state index in [-0.39, 0.29) is 30.4 Å². The predicted molar refractivity (Wildman–Crippen MR) is 117 cm³/mol. The Labute approximate surface area is 179 Å². The Morgan fingerprint density at radius 3 is 2.84 bits per heavy atom. The molecule has 2 aliphatic rings. The molecule has 2 aromatic carbocycles. The number of ether oxygens (including phenoxy) is 1. The summed E-state index contributed by atoms with van der Waals surface area (Å²) in [7, 11) is 0. The van der Waals surface area contributed by atoms with Crippen LogP contribution in [-0.4, -0.2) is 28.4 Å². The number of amides is 2. The van der Waals surface area contributed by atoms with Gasteiger partial charge >= 0.3 is 0 Å². The Balaban J connectivity index is 0.00000112. The van der Waals surface area contributed by atoms with E-state index in [1.54, 1.807) is 24.3 Å². The minimum atomic E-state index is -0.470. The Bertz CT molecular complexity index is 1230. The summed E-state index contributed by atoms with van der Waals surface area (Å²) in [5.74, 6) is -0.117. The zero-order chi connectivity index (χ0) is 22.0. The highest BCUT2D eigenvalue weighted by molar-refractivity contribution is 5.95. The Hall–Kier alpha value is -3.68. The Morgan fingerprint density at radius 1 is 1.16 bits per heavy atom. The van der Waals surface area contributed by atoms with Crippen molar-refractivity contribution in [3.8, 4) is 5.75 Å². The van der Waals surface area contributed by atoms with Crippen molar-refractivity contribution in [2.45, 2.75) is 39.7 Å². The quantitative estimate of drug-likeness (QED) is 0.603. The number of nitrogens with one attached hydrogen (secondary N) is 3. The number of nitrogens with zero attached hydrogens (tertiary/aromatic N) is 1. The van der Waals surface area contributed by atoms with Crippen molar-refractivity contribution in [1.29, 1.82) is 0 Å². The number of aromatic nitrogens is 2. The molecular weight excluding hydrogens is 396 g/mol. The molecule has 2 amide bonds. The fraction of sp³-hybridized carbons (Fsp3) is 0.304. The van der Waals surface area contributed by atoms with Crippen LogP contribution in [0.5, 0.6) is 5.75 Å². The fourth-order valence-corrected chi connectivity index (χ4v) is 3.93. The summed E-state index contributed by atoms with van der Waals surface area (Å²) in [5, 5.41) is 6.07. The normalized spacial score (nSPS) is 13.9. The van der Waals surface area contributed by atoms with Gasteiger partial charge in [0.2, 0.25) is 0 Å². The van der Waals surface area contributed by atoms with Crippen LogP contribution in [0.2, 0.25) is 0 Å². The van der Waals surface area contributed by atoms with Crippen LogP contribution in [0, 0.1) is 0 Å². The van der Waals surface area contributed by atoms with Gasteiger partial charge in [0.25, 0.3) is 17.4 Å². The van der Waals surface area contributed by atoms with Crippen molar-refractivity contribution in [1.82, 2.24) is 15.3 Å². The fourth-order valence-electron chi connectivity index (χ4n) is 3.93. The van der Waals surface area contributed by atoms with Gasteiger partial charge in [0.05, 0.1) is 16.6 Å². The molecule has 8 heteroatoms. The van der Waals surface area contributed by atoms with Gasteiger partial charge in [0.15, 0.2) is 12.4 Å². The monoisotopic (exact) mass is 420 g/mol. The summed E-state index contributed by atoms with van der Waals surface area (Å²) in [6.45, 7) is 4.21. The van der Waals surface area contributed by atoms with Gasteiger partial charge in [-0.25, -0.2) is 4.98 Å². The first kappa shape index (κ1) is 20.6. The van der Waals surface area contributed by atoms with Crippen LogP contribution in [-0.2, 0) is 24.2 Å². The highest BCUT2D eigenvalue weighted by Crippen LogP contribution is 2.29. The second-order valence-electron chi connectivity index (χ2n) is 7.22. The summed E-state index contributed by atoms with van der Waals surface area (Å²) in [6, 6.07) is 9.08. The zero-order valence-electron chi connectivity index (χ0n) is 17.5. The van der Waals surface area contributed by atoms with Crippen molar-refractivity contribution in [2.24, 2.45) is 0 Å². The van der Waals surface area contributed by atoms with Gasteiger partial charge in [-0.3, -0.25) is 14.4 Å². The lowest BCUT2D eigenvalue weighted by Gasteiger charge is -2.18. The zero-order valence-corrected chi connectivity index (χ0v) is 17.5. The summed E-state index contributed by atoms with van der Waals surface area (Å²) in [5.41, 5.74) is 3.83. The minimum absolute atomic E-state index is 0.00666. The maximum absolute atomic E-state index is 12.6. The highest BCUT2D eigenvalue weighted by Gasteiger charge is 2.19. The van der Waals surface area contributed by atoms with Crippen molar-refractivity contribution in [3.63, 3.8) is 0 Å². The minimum Gasteiger partial charge on any atom is -0.482 e. The number of aromatic amines is 1. The molecule has 31 heavy (non-hydrogen) atoms. The Kier molecular flexibility index (Phi) is 5.70. The van der Waals surface area contributed by atoms with Crippen LogP contribution in [0.15, 0.2) is 35.1 Å². The van der Waals surface area contributed by atoms with E-state index in [1.165, 1.54) is 5.56 Å². The van der Waals surface area contributed by atoms with Crippen molar-refractivity contribution in [2.75, 3.05) is 11.9 Å². The predicted octanol–water partition coefficient (Wildman–Crippen LogP) is 2.70. The molecule has 0 unspecified atom stereocenters. The topological polar surface area (TPSA) is 113 Å². The molecule has 0 atom stereocenters. The lowest BCUT2D eigenvalue weighted by molar-refractivity contribution is -0.118. The number of rotatable bonds is 3. The third kappa shape index (κ3) is 4.01. The van der Waals surface area contributed by atoms with E-state index in [0.717, 1.165) is 30.4 Å². The van der Waals surface area contributed by atoms with Crippen LogP contribution < -0.4 is 20.9 Å². The number of carbonyl (C=O) groups excluding carboxylic acids is 2. The summed E-state index contributed by atoms with van der Waals surface area (Å²) in [4.78, 5) is 43.6. The molecule has 0 fully saturated rings. The molecule has 1 aromatic heterocycles. The largest absolute Gasteiger partial charge is 0.482 e. The second kappa shape index (κ2) is 8.59. The first-order chi connectivity index (χ1) is 15.1. The van der Waals surface area contributed by atoms with E-state index < -0.39 is 5.91 Å². The number of anilines is 1. The number of hydrogen-bond donors (Lipinski definition) is 3. The van der Waals surface area contributed by atoms with E-state index in [9.17, 15) is 14.4 Å². The number of carbonyl (C=O) groups is 2. The molecule has 0 bridgehead atoms. The van der Waals surface area contributed by atoms with E-state index in [1.807, 2.05) is 19.9 Å². The van der Waals surface area contributed by atoms with Crippen LogP contribution >= 0.6 is 0 Å². The molecule has 1 aliphatic heterocycles. The number of aryl methyl sites for hydroxylation is 2. The summed E-state index contributed by atoms with van der Waals surface area (Å²) < 4.78 is 5.32. The molecule has 0 saturated carbocycles. The van der Waals surface area contributed by atoms with E-state index >= 15 is 0 Å². The first-order valence-corrected chi connectivity index (χ1v) is 10.5. The molecular formula is C23H24N4O4.